The van der Waals surface area contributed by atoms with Gasteiger partial charge in [-0.15, -0.1) is 0 Å². The zero-order valence-electron chi connectivity index (χ0n) is 9.14. The predicted octanol–water partition coefficient (Wildman–Crippen LogP) is 1.55. The Morgan fingerprint density at radius 1 is 1.53 bits per heavy atom. The second-order valence-corrected chi connectivity index (χ2v) is 3.09. The largest absolute Gasteiger partial charge is 0.495 e. The van der Waals surface area contributed by atoms with E-state index in [4.69, 9.17) is 9.47 Å². The van der Waals surface area contributed by atoms with Crippen LogP contribution in [0.4, 0.5) is 0 Å². The number of rotatable bonds is 6. The first-order valence-corrected chi connectivity index (χ1v) is 5.04. The van der Waals surface area contributed by atoms with Crippen LogP contribution in [0.15, 0.2) is 18.3 Å². The molecule has 1 N–H and O–H groups in total. The van der Waals surface area contributed by atoms with Gasteiger partial charge in [0.15, 0.2) is 0 Å². The third-order valence-corrected chi connectivity index (χ3v) is 2.08. The van der Waals surface area contributed by atoms with Crippen molar-refractivity contribution in [2.75, 3.05) is 20.3 Å². The van der Waals surface area contributed by atoms with Gasteiger partial charge in [-0.2, -0.15) is 0 Å². The lowest BCUT2D eigenvalue weighted by Crippen LogP contribution is -2.06. The highest BCUT2D eigenvalue weighted by Gasteiger charge is 2.13. The molecule has 1 heterocycles. The Kier molecular flexibility index (Phi) is 5.07. The minimum atomic E-state index is -0.632. The van der Waals surface area contributed by atoms with Crippen molar-refractivity contribution in [3.8, 4) is 5.75 Å². The Balaban J connectivity index is 2.59. The van der Waals surface area contributed by atoms with Crippen LogP contribution in [0.5, 0.6) is 5.75 Å². The number of methoxy groups -OCH3 is 1. The van der Waals surface area contributed by atoms with Crippen LogP contribution >= 0.6 is 0 Å². The maximum atomic E-state index is 9.84. The molecule has 0 aliphatic rings. The molecule has 0 radical (unpaired) electrons. The van der Waals surface area contributed by atoms with E-state index in [1.54, 1.807) is 25.4 Å². The van der Waals surface area contributed by atoms with Crippen molar-refractivity contribution in [1.82, 2.24) is 4.98 Å². The first-order chi connectivity index (χ1) is 7.29. The molecule has 1 rings (SSSR count). The van der Waals surface area contributed by atoms with Gasteiger partial charge in [-0.25, -0.2) is 0 Å². The van der Waals surface area contributed by atoms with E-state index >= 15 is 0 Å². The highest BCUT2D eigenvalue weighted by atomic mass is 16.5. The molecule has 0 fully saturated rings. The van der Waals surface area contributed by atoms with Crippen molar-refractivity contribution in [2.24, 2.45) is 0 Å². The number of hydrogen-bond donors (Lipinski definition) is 1. The molecule has 1 aromatic heterocycles. The molecule has 0 saturated carbocycles. The fourth-order valence-electron chi connectivity index (χ4n) is 1.30. The van der Waals surface area contributed by atoms with Gasteiger partial charge >= 0.3 is 0 Å². The summed E-state index contributed by atoms with van der Waals surface area (Å²) in [6.45, 7) is 3.11. The molecule has 84 valence electrons. The highest BCUT2D eigenvalue weighted by Crippen LogP contribution is 2.24. The second-order valence-electron chi connectivity index (χ2n) is 3.09. The molecule has 0 bridgehead atoms. The quantitative estimate of drug-likeness (QED) is 0.725. The molecule has 15 heavy (non-hydrogen) atoms. The van der Waals surface area contributed by atoms with E-state index in [0.717, 1.165) is 0 Å². The lowest BCUT2D eigenvalue weighted by molar-refractivity contribution is 0.0851. The van der Waals surface area contributed by atoms with Crippen LogP contribution in [0.2, 0.25) is 0 Å². The van der Waals surface area contributed by atoms with Crippen molar-refractivity contribution in [2.45, 2.75) is 19.4 Å². The van der Waals surface area contributed by atoms with E-state index in [-0.39, 0.29) is 0 Å². The van der Waals surface area contributed by atoms with Crippen LogP contribution in [-0.4, -0.2) is 30.4 Å². The number of aliphatic hydroxyl groups is 1. The summed E-state index contributed by atoms with van der Waals surface area (Å²) in [6, 6.07) is 3.56. The Labute approximate surface area is 89.9 Å². The molecule has 1 atom stereocenters. The zero-order chi connectivity index (χ0) is 11.1. The summed E-state index contributed by atoms with van der Waals surface area (Å²) in [5.41, 5.74) is 0.569. The average Bonchev–Trinajstić information content (AvgIpc) is 2.29. The lowest BCUT2D eigenvalue weighted by atomic mass is 10.1. The Morgan fingerprint density at radius 2 is 2.33 bits per heavy atom. The summed E-state index contributed by atoms with van der Waals surface area (Å²) in [5.74, 6) is 0.612. The van der Waals surface area contributed by atoms with Gasteiger partial charge in [0.2, 0.25) is 0 Å². The summed E-state index contributed by atoms with van der Waals surface area (Å²) < 4.78 is 10.3. The summed E-state index contributed by atoms with van der Waals surface area (Å²) in [6.07, 6.45) is 1.54. The minimum absolute atomic E-state index is 0.525. The average molecular weight is 211 g/mol. The number of aliphatic hydroxyl groups excluding tert-OH is 1. The van der Waals surface area contributed by atoms with Crippen LogP contribution in [0.1, 0.15) is 25.1 Å². The summed E-state index contributed by atoms with van der Waals surface area (Å²) in [7, 11) is 1.57. The SMILES string of the molecule is CCOCCC(O)c1ncccc1OC. The molecule has 0 aliphatic heterocycles. The van der Waals surface area contributed by atoms with Gasteiger partial charge in [0.1, 0.15) is 17.5 Å². The molecule has 0 aliphatic carbocycles. The standard InChI is InChI=1S/C11H17NO3/c1-3-15-8-6-9(13)11-10(14-2)5-4-7-12-11/h4-5,7,9,13H,3,6,8H2,1-2H3. The maximum Gasteiger partial charge on any atom is 0.143 e. The molecular weight excluding hydrogens is 194 g/mol. The summed E-state index contributed by atoms with van der Waals surface area (Å²) in [4.78, 5) is 4.10. The zero-order valence-corrected chi connectivity index (χ0v) is 9.14. The van der Waals surface area contributed by atoms with Crippen LogP contribution in [0.3, 0.4) is 0 Å². The summed E-state index contributed by atoms with van der Waals surface area (Å²) in [5, 5.41) is 9.84. The summed E-state index contributed by atoms with van der Waals surface area (Å²) >= 11 is 0. The van der Waals surface area contributed by atoms with Gasteiger partial charge in [-0.1, -0.05) is 0 Å². The monoisotopic (exact) mass is 211 g/mol. The normalized spacial score (nSPS) is 12.5. The number of nitrogens with zero attached hydrogens (tertiary/aromatic N) is 1. The molecule has 0 spiro atoms. The van der Waals surface area contributed by atoms with Crippen LogP contribution in [0.25, 0.3) is 0 Å². The lowest BCUT2D eigenvalue weighted by Gasteiger charge is -2.12. The van der Waals surface area contributed by atoms with E-state index < -0.39 is 6.10 Å². The molecule has 4 nitrogen and oxygen atoms in total. The minimum Gasteiger partial charge on any atom is -0.495 e. The third-order valence-electron chi connectivity index (χ3n) is 2.08. The highest BCUT2D eigenvalue weighted by molar-refractivity contribution is 5.28. The fraction of sp³-hybridized carbons (Fsp3) is 0.545. The van der Waals surface area contributed by atoms with Gasteiger partial charge in [0, 0.05) is 25.8 Å². The number of hydrogen-bond acceptors (Lipinski definition) is 4. The first kappa shape index (κ1) is 11.9. The van der Waals surface area contributed by atoms with E-state index in [0.29, 0.717) is 31.1 Å². The van der Waals surface area contributed by atoms with Crippen molar-refractivity contribution >= 4 is 0 Å². The van der Waals surface area contributed by atoms with Gasteiger partial charge < -0.3 is 14.6 Å². The predicted molar refractivity (Wildman–Crippen MR) is 56.9 cm³/mol. The number of aromatic nitrogens is 1. The Hall–Kier alpha value is -1.13. The van der Waals surface area contributed by atoms with Crippen molar-refractivity contribution in [3.63, 3.8) is 0 Å². The topological polar surface area (TPSA) is 51.6 Å². The van der Waals surface area contributed by atoms with Crippen molar-refractivity contribution < 1.29 is 14.6 Å². The van der Waals surface area contributed by atoms with E-state index in [9.17, 15) is 5.11 Å². The van der Waals surface area contributed by atoms with Gasteiger partial charge in [-0.3, -0.25) is 4.98 Å². The molecule has 0 saturated heterocycles. The third kappa shape index (κ3) is 3.49. The fourth-order valence-corrected chi connectivity index (χ4v) is 1.30. The Bertz CT molecular complexity index is 291. The van der Waals surface area contributed by atoms with E-state index in [1.165, 1.54) is 0 Å². The molecule has 0 aromatic carbocycles. The van der Waals surface area contributed by atoms with Gasteiger partial charge in [0.05, 0.1) is 7.11 Å². The molecule has 1 aromatic rings. The number of ether oxygens (including phenoxy) is 2. The van der Waals surface area contributed by atoms with Gasteiger partial charge in [-0.05, 0) is 19.1 Å². The van der Waals surface area contributed by atoms with Crippen LogP contribution in [0, 0.1) is 0 Å². The van der Waals surface area contributed by atoms with Crippen molar-refractivity contribution in [3.05, 3.63) is 24.0 Å². The molecule has 0 amide bonds. The van der Waals surface area contributed by atoms with E-state index in [1.807, 2.05) is 6.92 Å². The number of pyridine rings is 1. The second kappa shape index (κ2) is 6.37. The van der Waals surface area contributed by atoms with Crippen LogP contribution < -0.4 is 4.74 Å². The van der Waals surface area contributed by atoms with Gasteiger partial charge in [0.25, 0.3) is 0 Å². The molecular formula is C11H17NO3. The van der Waals surface area contributed by atoms with Crippen LogP contribution in [-0.2, 0) is 4.74 Å². The molecule has 1 unspecified atom stereocenters. The smallest absolute Gasteiger partial charge is 0.143 e. The Morgan fingerprint density at radius 3 is 3.00 bits per heavy atom. The first-order valence-electron chi connectivity index (χ1n) is 5.04. The molecule has 4 heteroatoms. The van der Waals surface area contributed by atoms with Crippen molar-refractivity contribution in [1.29, 1.82) is 0 Å². The van der Waals surface area contributed by atoms with E-state index in [2.05, 4.69) is 4.98 Å². The maximum absolute atomic E-state index is 9.84.